The zero-order valence-electron chi connectivity index (χ0n) is 8.86. The number of ether oxygens (including phenoxy) is 1. The molecule has 0 N–H and O–H groups in total. The third-order valence-electron chi connectivity index (χ3n) is 2.24. The Hall–Kier alpha value is -1.82. The van der Waals surface area contributed by atoms with E-state index in [1.165, 1.54) is 0 Å². The first-order valence-electron chi connectivity index (χ1n) is 4.81. The van der Waals surface area contributed by atoms with E-state index < -0.39 is 11.6 Å². The summed E-state index contributed by atoms with van der Waals surface area (Å²) in [6.07, 6.45) is 0.474. The molecule has 3 heteroatoms. The average Bonchev–Trinajstić information content (AvgIpc) is 2.30. The van der Waals surface area contributed by atoms with Crippen LogP contribution >= 0.6 is 0 Å². The van der Waals surface area contributed by atoms with Crippen molar-refractivity contribution in [2.75, 3.05) is 0 Å². The van der Waals surface area contributed by atoms with Crippen LogP contribution in [0.1, 0.15) is 30.6 Å². The maximum Gasteiger partial charge on any atom is 0.339 e. The van der Waals surface area contributed by atoms with Crippen LogP contribution in [-0.4, -0.2) is 11.6 Å². The molecule has 0 saturated carbocycles. The van der Waals surface area contributed by atoms with E-state index in [0.29, 0.717) is 12.0 Å². The molecular weight excluding hydrogens is 190 g/mol. The van der Waals surface area contributed by atoms with Crippen LogP contribution in [0.4, 0.5) is 0 Å². The fourth-order valence-electron chi connectivity index (χ4n) is 1.01. The van der Waals surface area contributed by atoms with E-state index in [-0.39, 0.29) is 0 Å². The number of esters is 1. The number of carbonyl (C=O) groups is 1. The molecule has 1 atom stereocenters. The molecule has 0 aliphatic heterocycles. The number of hydrogen-bond donors (Lipinski definition) is 0. The lowest BCUT2D eigenvalue weighted by molar-refractivity contribution is 0.0124. The number of rotatable bonds is 3. The summed E-state index contributed by atoms with van der Waals surface area (Å²) in [6.45, 7) is 3.41. The predicted molar refractivity (Wildman–Crippen MR) is 56.2 cm³/mol. The molecule has 0 fully saturated rings. The van der Waals surface area contributed by atoms with Crippen molar-refractivity contribution in [3.63, 3.8) is 0 Å². The first-order valence-corrected chi connectivity index (χ1v) is 4.81. The molecule has 0 spiro atoms. The van der Waals surface area contributed by atoms with Crippen LogP contribution in [0.15, 0.2) is 30.3 Å². The Labute approximate surface area is 89.3 Å². The Morgan fingerprint density at radius 2 is 2.07 bits per heavy atom. The summed E-state index contributed by atoms with van der Waals surface area (Å²) in [5, 5.41) is 8.85. The van der Waals surface area contributed by atoms with E-state index in [0.717, 1.165) is 0 Å². The summed E-state index contributed by atoms with van der Waals surface area (Å²) < 4.78 is 5.12. The van der Waals surface area contributed by atoms with E-state index in [1.807, 2.05) is 19.1 Å². The predicted octanol–water partition coefficient (Wildman–Crippen LogP) is 2.54. The molecule has 1 aromatic rings. The average molecular weight is 203 g/mol. The zero-order chi connectivity index (χ0) is 11.3. The summed E-state index contributed by atoms with van der Waals surface area (Å²) in [5.41, 5.74) is -0.570. The Kier molecular flexibility index (Phi) is 3.46. The van der Waals surface area contributed by atoms with Crippen LogP contribution < -0.4 is 0 Å². The Balaban J connectivity index is 2.77. The van der Waals surface area contributed by atoms with Crippen LogP contribution in [0, 0.1) is 11.3 Å². The second-order valence-electron chi connectivity index (χ2n) is 3.45. The normalized spacial score (nSPS) is 13.7. The van der Waals surface area contributed by atoms with Gasteiger partial charge in [-0.15, -0.1) is 0 Å². The van der Waals surface area contributed by atoms with Gasteiger partial charge < -0.3 is 4.74 Å². The van der Waals surface area contributed by atoms with Gasteiger partial charge in [-0.3, -0.25) is 0 Å². The maximum atomic E-state index is 11.6. The first kappa shape index (κ1) is 11.3. The molecule has 0 aromatic heterocycles. The molecule has 1 aromatic carbocycles. The maximum absolute atomic E-state index is 11.6. The molecule has 78 valence electrons. The summed E-state index contributed by atoms with van der Waals surface area (Å²) in [6, 6.07) is 10.6. The SMILES string of the molecule is CCC(C)(C#N)OC(=O)c1ccccc1. The van der Waals surface area contributed by atoms with Gasteiger partial charge >= 0.3 is 5.97 Å². The monoisotopic (exact) mass is 203 g/mol. The van der Waals surface area contributed by atoms with Gasteiger partial charge in [0.15, 0.2) is 5.60 Å². The third-order valence-corrected chi connectivity index (χ3v) is 2.24. The van der Waals surface area contributed by atoms with Gasteiger partial charge in [0.25, 0.3) is 0 Å². The van der Waals surface area contributed by atoms with Gasteiger partial charge in [-0.05, 0) is 25.5 Å². The number of hydrogen-bond acceptors (Lipinski definition) is 3. The fraction of sp³-hybridized carbons (Fsp3) is 0.333. The fourth-order valence-corrected chi connectivity index (χ4v) is 1.01. The highest BCUT2D eigenvalue weighted by Gasteiger charge is 2.26. The van der Waals surface area contributed by atoms with Gasteiger partial charge in [-0.2, -0.15) is 5.26 Å². The molecule has 0 heterocycles. The van der Waals surface area contributed by atoms with E-state index in [4.69, 9.17) is 10.00 Å². The van der Waals surface area contributed by atoms with E-state index in [1.54, 1.807) is 31.2 Å². The molecule has 0 aliphatic carbocycles. The van der Waals surface area contributed by atoms with Crippen LogP contribution in [0.3, 0.4) is 0 Å². The summed E-state index contributed by atoms with van der Waals surface area (Å²) >= 11 is 0. The van der Waals surface area contributed by atoms with Crippen molar-refractivity contribution in [1.29, 1.82) is 5.26 Å². The molecule has 0 radical (unpaired) electrons. The van der Waals surface area contributed by atoms with Crippen molar-refractivity contribution < 1.29 is 9.53 Å². The van der Waals surface area contributed by atoms with Gasteiger partial charge in [0.05, 0.1) is 5.56 Å². The lowest BCUT2D eigenvalue weighted by Crippen LogP contribution is -2.29. The highest BCUT2D eigenvalue weighted by molar-refractivity contribution is 5.89. The largest absolute Gasteiger partial charge is 0.440 e. The van der Waals surface area contributed by atoms with Crippen molar-refractivity contribution in [3.05, 3.63) is 35.9 Å². The Bertz CT molecular complexity index is 380. The molecule has 0 saturated heterocycles. The molecule has 1 rings (SSSR count). The lowest BCUT2D eigenvalue weighted by Gasteiger charge is -2.19. The minimum absolute atomic E-state index is 0.457. The summed E-state index contributed by atoms with van der Waals surface area (Å²) in [5.74, 6) is -0.457. The molecule has 0 bridgehead atoms. The van der Waals surface area contributed by atoms with Crippen molar-refractivity contribution >= 4 is 5.97 Å². The smallest absolute Gasteiger partial charge is 0.339 e. The van der Waals surface area contributed by atoms with Crippen LogP contribution in [-0.2, 0) is 4.74 Å². The van der Waals surface area contributed by atoms with Crippen LogP contribution in [0.2, 0.25) is 0 Å². The highest BCUT2D eigenvalue weighted by atomic mass is 16.6. The van der Waals surface area contributed by atoms with Crippen molar-refractivity contribution in [1.82, 2.24) is 0 Å². The Morgan fingerprint density at radius 3 is 2.53 bits per heavy atom. The summed E-state index contributed by atoms with van der Waals surface area (Å²) in [4.78, 5) is 11.6. The number of benzene rings is 1. The molecule has 3 nitrogen and oxygen atoms in total. The van der Waals surface area contributed by atoms with E-state index in [9.17, 15) is 4.79 Å². The number of carbonyl (C=O) groups excluding carboxylic acids is 1. The highest BCUT2D eigenvalue weighted by Crippen LogP contribution is 2.16. The molecule has 15 heavy (non-hydrogen) atoms. The molecular formula is C12H13NO2. The van der Waals surface area contributed by atoms with Crippen LogP contribution in [0.25, 0.3) is 0 Å². The Morgan fingerprint density at radius 1 is 1.47 bits per heavy atom. The lowest BCUT2D eigenvalue weighted by atomic mass is 10.1. The zero-order valence-corrected chi connectivity index (χ0v) is 8.86. The van der Waals surface area contributed by atoms with Crippen molar-refractivity contribution in [3.8, 4) is 6.07 Å². The van der Waals surface area contributed by atoms with Crippen molar-refractivity contribution in [2.45, 2.75) is 25.9 Å². The summed E-state index contributed by atoms with van der Waals surface area (Å²) in [7, 11) is 0. The van der Waals surface area contributed by atoms with Gasteiger partial charge in [-0.25, -0.2) is 4.79 Å². The second kappa shape index (κ2) is 4.61. The molecule has 0 amide bonds. The number of nitriles is 1. The third kappa shape index (κ3) is 2.81. The van der Waals surface area contributed by atoms with Gasteiger partial charge in [0, 0.05) is 0 Å². The number of nitrogens with zero attached hydrogens (tertiary/aromatic N) is 1. The van der Waals surface area contributed by atoms with Gasteiger partial charge in [0.2, 0.25) is 0 Å². The van der Waals surface area contributed by atoms with E-state index in [2.05, 4.69) is 0 Å². The quantitative estimate of drug-likeness (QED) is 0.709. The minimum atomic E-state index is -1.03. The van der Waals surface area contributed by atoms with Gasteiger partial charge in [0.1, 0.15) is 6.07 Å². The van der Waals surface area contributed by atoms with Crippen LogP contribution in [0.5, 0.6) is 0 Å². The topological polar surface area (TPSA) is 50.1 Å². The van der Waals surface area contributed by atoms with Gasteiger partial charge in [-0.1, -0.05) is 25.1 Å². The van der Waals surface area contributed by atoms with E-state index >= 15 is 0 Å². The molecule has 0 aliphatic rings. The molecule has 1 unspecified atom stereocenters. The minimum Gasteiger partial charge on any atom is -0.440 e. The standard InChI is InChI=1S/C12H13NO2/c1-3-12(2,9-13)15-11(14)10-7-5-4-6-8-10/h4-8H,3H2,1-2H3. The second-order valence-corrected chi connectivity index (χ2v) is 3.45. The first-order chi connectivity index (χ1) is 7.11. The van der Waals surface area contributed by atoms with Crippen molar-refractivity contribution in [2.24, 2.45) is 0 Å².